The van der Waals surface area contributed by atoms with Gasteiger partial charge >= 0.3 is 0 Å². The zero-order valence-corrected chi connectivity index (χ0v) is 21.3. The molecule has 37 heavy (non-hydrogen) atoms. The van der Waals surface area contributed by atoms with Crippen LogP contribution >= 0.6 is 0 Å². The van der Waals surface area contributed by atoms with E-state index >= 15 is 8.78 Å². The Morgan fingerprint density at radius 1 is 1.11 bits per heavy atom. The number of aromatic nitrogens is 1. The fourth-order valence-electron chi connectivity index (χ4n) is 7.70. The molecule has 4 nitrogen and oxygen atoms in total. The number of fused-ring (bicyclic) bond motifs is 3. The number of nitrogens with one attached hydrogen (secondary N) is 1. The number of nitrogens with zero attached hydrogens (tertiary/aromatic N) is 2. The molecule has 1 saturated heterocycles. The molecule has 3 saturated carbocycles. The molecule has 2 aromatic carbocycles. The van der Waals surface area contributed by atoms with Gasteiger partial charge in [0.15, 0.2) is 0 Å². The van der Waals surface area contributed by atoms with E-state index in [1.807, 2.05) is 18.2 Å². The van der Waals surface area contributed by atoms with Gasteiger partial charge < -0.3 is 9.72 Å². The third-order valence-corrected chi connectivity index (χ3v) is 9.39. The Bertz CT molecular complexity index is 1300. The van der Waals surface area contributed by atoms with Crippen molar-refractivity contribution in [3.05, 3.63) is 64.9 Å². The van der Waals surface area contributed by atoms with Crippen molar-refractivity contribution in [3.8, 4) is 5.75 Å². The summed E-state index contributed by atoms with van der Waals surface area (Å²) in [5, 5.41) is 1.14. The molecule has 7 heteroatoms. The van der Waals surface area contributed by atoms with Crippen molar-refractivity contribution in [1.29, 1.82) is 0 Å². The van der Waals surface area contributed by atoms with E-state index in [0.717, 1.165) is 61.2 Å². The summed E-state index contributed by atoms with van der Waals surface area (Å²) in [5.41, 5.74) is 3.28. The minimum atomic E-state index is -0.553. The highest BCUT2D eigenvalue weighted by atomic mass is 19.1. The number of hydrogen-bond donors (Lipinski definition) is 1. The maximum atomic E-state index is 16.0. The van der Waals surface area contributed by atoms with Gasteiger partial charge in [-0.1, -0.05) is 18.2 Å². The van der Waals surface area contributed by atoms with Crippen LogP contribution in [0.5, 0.6) is 5.75 Å². The van der Waals surface area contributed by atoms with Crippen LogP contribution in [0.25, 0.3) is 10.9 Å². The van der Waals surface area contributed by atoms with Gasteiger partial charge in [-0.15, -0.1) is 0 Å². The van der Waals surface area contributed by atoms with E-state index in [-0.39, 0.29) is 35.7 Å². The van der Waals surface area contributed by atoms with Crippen molar-refractivity contribution in [2.75, 3.05) is 26.3 Å². The average Bonchev–Trinajstić information content (AvgIpc) is 3.41. The normalized spacial score (nSPS) is 31.2. The highest BCUT2D eigenvalue weighted by molar-refractivity contribution is 5.85. The first-order valence-corrected chi connectivity index (χ1v) is 13.8. The predicted molar refractivity (Wildman–Crippen MR) is 138 cm³/mol. The molecule has 2 bridgehead atoms. The van der Waals surface area contributed by atoms with Crippen LogP contribution in [0.3, 0.4) is 0 Å². The van der Waals surface area contributed by atoms with Crippen molar-refractivity contribution in [1.82, 2.24) is 14.8 Å². The second-order valence-electron chi connectivity index (χ2n) is 11.8. The van der Waals surface area contributed by atoms with E-state index in [2.05, 4.69) is 27.8 Å². The van der Waals surface area contributed by atoms with Crippen molar-refractivity contribution in [2.24, 2.45) is 5.92 Å². The fourth-order valence-corrected chi connectivity index (χ4v) is 7.70. The highest BCUT2D eigenvalue weighted by Gasteiger charge is 2.63. The standard InChI is InChI=1S/C30H34F3N3O/c1-18-11-23-22-5-2-3-6-26(22)34-28(23)29(36(18)30-14-19(15-30)16-30)27-24(32)12-21(13-25(27)33)37-20-7-10-35(17-20)9-4-8-31/h2-3,5-6,12-13,18-20,29,34H,4,7-11,14-17H2,1H3/t18-,19?,20?,29-,30?/m1/s1. The van der Waals surface area contributed by atoms with Gasteiger partial charge in [-0.25, -0.2) is 8.78 Å². The number of ether oxygens (including phenoxy) is 1. The van der Waals surface area contributed by atoms with Crippen molar-refractivity contribution in [3.63, 3.8) is 0 Å². The Morgan fingerprint density at radius 2 is 1.86 bits per heavy atom. The molecular weight excluding hydrogens is 475 g/mol. The van der Waals surface area contributed by atoms with Gasteiger partial charge in [0.1, 0.15) is 23.5 Å². The summed E-state index contributed by atoms with van der Waals surface area (Å²) in [6, 6.07) is 10.6. The van der Waals surface area contributed by atoms with E-state index in [4.69, 9.17) is 4.74 Å². The Hall–Kier alpha value is -2.51. The molecule has 5 aliphatic rings. The number of hydrogen-bond acceptors (Lipinski definition) is 3. The van der Waals surface area contributed by atoms with Crippen LogP contribution < -0.4 is 4.74 Å². The van der Waals surface area contributed by atoms with Gasteiger partial charge in [0.05, 0.1) is 12.7 Å². The number of H-pyrrole nitrogens is 1. The second-order valence-corrected chi connectivity index (χ2v) is 11.8. The largest absolute Gasteiger partial charge is 0.489 e. The molecule has 0 radical (unpaired) electrons. The molecule has 3 aromatic rings. The fraction of sp³-hybridized carbons (Fsp3) is 0.533. The SMILES string of the molecule is C[C@@H]1Cc2c([nH]c3ccccc23)[C@@H](c2c(F)cc(OC3CCN(CCCF)C3)cc2F)N1C12CC(C1)C2. The summed E-state index contributed by atoms with van der Waals surface area (Å²) < 4.78 is 50.5. The zero-order chi connectivity index (χ0) is 25.3. The lowest BCUT2D eigenvalue weighted by Crippen LogP contribution is -2.71. The molecule has 2 aliphatic heterocycles. The minimum Gasteiger partial charge on any atom is -0.489 e. The Labute approximate surface area is 215 Å². The van der Waals surface area contributed by atoms with Gasteiger partial charge in [-0.3, -0.25) is 14.2 Å². The molecular formula is C30H34F3N3O. The Balaban J connectivity index is 1.25. The monoisotopic (exact) mass is 509 g/mol. The molecule has 196 valence electrons. The number of rotatable bonds is 7. The summed E-state index contributed by atoms with van der Waals surface area (Å²) in [5.74, 6) is -0.114. The number of likely N-dealkylation sites (tertiary alicyclic amines) is 1. The van der Waals surface area contributed by atoms with Gasteiger partial charge in [-0.05, 0) is 63.0 Å². The van der Waals surface area contributed by atoms with Crippen LogP contribution in [0.2, 0.25) is 0 Å². The summed E-state index contributed by atoms with van der Waals surface area (Å²) in [6.45, 7) is 4.02. The van der Waals surface area contributed by atoms with Gasteiger partial charge in [0.25, 0.3) is 0 Å². The van der Waals surface area contributed by atoms with Crippen LogP contribution in [0.1, 0.15) is 61.9 Å². The van der Waals surface area contributed by atoms with E-state index in [9.17, 15) is 4.39 Å². The molecule has 3 heterocycles. The number of para-hydroxylation sites is 1. The van der Waals surface area contributed by atoms with Crippen LogP contribution in [0, 0.1) is 17.6 Å². The van der Waals surface area contributed by atoms with Crippen molar-refractivity contribution >= 4 is 10.9 Å². The van der Waals surface area contributed by atoms with Crippen LogP contribution in [-0.4, -0.2) is 58.8 Å². The summed E-state index contributed by atoms with van der Waals surface area (Å²) in [4.78, 5) is 8.13. The first kappa shape index (κ1) is 23.6. The zero-order valence-electron chi connectivity index (χ0n) is 21.3. The Kier molecular flexibility index (Phi) is 5.59. The molecule has 1 unspecified atom stereocenters. The quantitative estimate of drug-likeness (QED) is 0.415. The topological polar surface area (TPSA) is 31.5 Å². The maximum Gasteiger partial charge on any atom is 0.135 e. The Morgan fingerprint density at radius 3 is 2.57 bits per heavy atom. The molecule has 1 aromatic heterocycles. The van der Waals surface area contributed by atoms with Gasteiger partial charge in [0, 0.05) is 65.5 Å². The highest BCUT2D eigenvalue weighted by Crippen LogP contribution is 2.64. The molecule has 0 amide bonds. The third kappa shape index (κ3) is 3.72. The second kappa shape index (κ2) is 8.77. The average molecular weight is 510 g/mol. The van der Waals surface area contributed by atoms with E-state index in [0.29, 0.717) is 19.5 Å². The first-order chi connectivity index (χ1) is 18.0. The molecule has 8 rings (SSSR count). The number of alkyl halides is 1. The maximum absolute atomic E-state index is 16.0. The van der Waals surface area contributed by atoms with Gasteiger partial charge in [-0.2, -0.15) is 0 Å². The number of aromatic amines is 1. The number of benzene rings is 2. The molecule has 1 N–H and O–H groups in total. The van der Waals surface area contributed by atoms with E-state index < -0.39 is 17.7 Å². The van der Waals surface area contributed by atoms with E-state index in [1.54, 1.807) is 0 Å². The third-order valence-electron chi connectivity index (χ3n) is 9.39. The summed E-state index contributed by atoms with van der Waals surface area (Å²) in [7, 11) is 0. The molecule has 3 atom stereocenters. The van der Waals surface area contributed by atoms with Crippen molar-refractivity contribution < 1.29 is 17.9 Å². The van der Waals surface area contributed by atoms with E-state index in [1.165, 1.54) is 17.7 Å². The first-order valence-electron chi connectivity index (χ1n) is 13.8. The lowest BCUT2D eigenvalue weighted by Gasteiger charge is -2.70. The lowest BCUT2D eigenvalue weighted by atomic mass is 9.48. The summed E-state index contributed by atoms with van der Waals surface area (Å²) in [6.07, 6.45) is 5.35. The minimum absolute atomic E-state index is 0.0463. The van der Waals surface area contributed by atoms with Crippen LogP contribution in [-0.2, 0) is 6.42 Å². The molecule has 4 fully saturated rings. The predicted octanol–water partition coefficient (Wildman–Crippen LogP) is 6.15. The number of halogens is 3. The van der Waals surface area contributed by atoms with Crippen LogP contribution in [0.15, 0.2) is 36.4 Å². The lowest BCUT2D eigenvalue weighted by molar-refractivity contribution is -0.174. The molecule has 3 aliphatic carbocycles. The molecule has 0 spiro atoms. The van der Waals surface area contributed by atoms with Gasteiger partial charge in [0.2, 0.25) is 0 Å². The van der Waals surface area contributed by atoms with Crippen molar-refractivity contribution in [2.45, 2.75) is 69.2 Å². The smallest absolute Gasteiger partial charge is 0.135 e. The van der Waals surface area contributed by atoms with Crippen LogP contribution in [0.4, 0.5) is 13.2 Å². The summed E-state index contributed by atoms with van der Waals surface area (Å²) >= 11 is 0.